The fraction of sp³-hybridized carbons (Fsp3) is 0.286. The minimum atomic E-state index is 0.135. The zero-order valence-corrected chi connectivity index (χ0v) is 9.89. The Bertz CT molecular complexity index is 624. The molecule has 1 aromatic carbocycles. The van der Waals surface area contributed by atoms with E-state index >= 15 is 0 Å². The van der Waals surface area contributed by atoms with Crippen LogP contribution in [0.1, 0.15) is 41.1 Å². The van der Waals surface area contributed by atoms with Gasteiger partial charge in [-0.15, -0.1) is 0 Å². The topological polar surface area (TPSA) is 75.8 Å². The number of fused-ring (bicyclic) bond motifs is 1. The fourth-order valence-corrected chi connectivity index (χ4v) is 2.73. The van der Waals surface area contributed by atoms with Gasteiger partial charge >= 0.3 is 0 Å². The summed E-state index contributed by atoms with van der Waals surface area (Å²) in [6.45, 7) is 0. The Morgan fingerprint density at radius 3 is 3.06 bits per heavy atom. The van der Waals surface area contributed by atoms with E-state index in [1.54, 1.807) is 0 Å². The third-order valence-corrected chi connectivity index (χ3v) is 3.54. The van der Waals surface area contributed by atoms with E-state index in [-0.39, 0.29) is 5.92 Å². The quantitative estimate of drug-likeness (QED) is 0.829. The van der Waals surface area contributed by atoms with E-state index in [1.165, 1.54) is 0 Å². The van der Waals surface area contributed by atoms with E-state index in [9.17, 15) is 5.26 Å². The van der Waals surface area contributed by atoms with Crippen molar-refractivity contribution in [3.63, 3.8) is 0 Å². The molecule has 0 saturated heterocycles. The van der Waals surface area contributed by atoms with E-state index in [1.807, 2.05) is 24.3 Å². The van der Waals surface area contributed by atoms with E-state index in [4.69, 9.17) is 10.3 Å². The maximum absolute atomic E-state index is 9.20. The molecule has 4 heteroatoms. The first-order valence-electron chi connectivity index (χ1n) is 6.04. The molecule has 1 aliphatic rings. The molecule has 1 atom stereocenters. The first-order chi connectivity index (χ1) is 8.81. The highest BCUT2D eigenvalue weighted by Crippen LogP contribution is 2.40. The second kappa shape index (κ2) is 4.19. The number of nitrogen functional groups attached to an aromatic ring is 1. The van der Waals surface area contributed by atoms with Crippen LogP contribution < -0.4 is 5.73 Å². The summed E-state index contributed by atoms with van der Waals surface area (Å²) in [7, 11) is 0. The lowest BCUT2D eigenvalue weighted by molar-refractivity contribution is 0.427. The SMILES string of the molecule is N#Cc1ccccc1C1CCCc2noc(N)c21. The van der Waals surface area contributed by atoms with E-state index in [0.717, 1.165) is 36.1 Å². The normalized spacial score (nSPS) is 18.1. The summed E-state index contributed by atoms with van der Waals surface area (Å²) in [5, 5.41) is 13.2. The molecule has 18 heavy (non-hydrogen) atoms. The van der Waals surface area contributed by atoms with Crippen molar-refractivity contribution in [3.8, 4) is 6.07 Å². The Morgan fingerprint density at radius 1 is 1.39 bits per heavy atom. The Hall–Kier alpha value is -2.28. The van der Waals surface area contributed by atoms with Crippen LogP contribution >= 0.6 is 0 Å². The van der Waals surface area contributed by atoms with Crippen LogP contribution in [0.3, 0.4) is 0 Å². The molecule has 1 aromatic heterocycles. The molecule has 0 amide bonds. The lowest BCUT2D eigenvalue weighted by Gasteiger charge is -2.22. The van der Waals surface area contributed by atoms with Crippen LogP contribution in [0.5, 0.6) is 0 Å². The largest absolute Gasteiger partial charge is 0.367 e. The first-order valence-corrected chi connectivity index (χ1v) is 6.04. The van der Waals surface area contributed by atoms with Gasteiger partial charge in [-0.2, -0.15) is 5.26 Å². The molecule has 0 spiro atoms. The minimum Gasteiger partial charge on any atom is -0.367 e. The van der Waals surface area contributed by atoms with E-state index in [0.29, 0.717) is 11.4 Å². The number of rotatable bonds is 1. The summed E-state index contributed by atoms with van der Waals surface area (Å²) in [6.07, 6.45) is 2.93. The van der Waals surface area contributed by atoms with Crippen LogP contribution in [0, 0.1) is 11.3 Å². The van der Waals surface area contributed by atoms with Gasteiger partial charge in [-0.3, -0.25) is 0 Å². The maximum atomic E-state index is 9.20. The molecule has 0 bridgehead atoms. The predicted molar refractivity (Wildman–Crippen MR) is 66.9 cm³/mol. The standard InChI is InChI=1S/C14H13N3O/c15-8-9-4-1-2-5-10(9)11-6-3-7-12-13(11)14(16)18-17-12/h1-2,4-5,11H,3,6-7,16H2. The summed E-state index contributed by atoms with van der Waals surface area (Å²) in [6, 6.07) is 9.91. The van der Waals surface area contributed by atoms with Gasteiger partial charge in [0.05, 0.1) is 17.3 Å². The van der Waals surface area contributed by atoms with E-state index in [2.05, 4.69) is 11.2 Å². The van der Waals surface area contributed by atoms with Crippen LogP contribution in [0.15, 0.2) is 28.8 Å². The molecular weight excluding hydrogens is 226 g/mol. The van der Waals surface area contributed by atoms with Crippen molar-refractivity contribution >= 4 is 5.88 Å². The zero-order chi connectivity index (χ0) is 12.5. The van der Waals surface area contributed by atoms with Crippen LogP contribution in [-0.2, 0) is 6.42 Å². The summed E-state index contributed by atoms with van der Waals surface area (Å²) in [5.41, 5.74) is 9.51. The summed E-state index contributed by atoms with van der Waals surface area (Å²) in [5.74, 6) is 0.526. The lowest BCUT2D eigenvalue weighted by Crippen LogP contribution is -2.12. The Balaban J connectivity index is 2.14. The second-order valence-electron chi connectivity index (χ2n) is 4.55. The Kier molecular flexibility index (Phi) is 2.52. The molecule has 0 fully saturated rings. The molecule has 90 valence electrons. The molecule has 4 nitrogen and oxygen atoms in total. The molecule has 3 rings (SSSR count). The predicted octanol–water partition coefficient (Wildman–Crippen LogP) is 2.60. The average molecular weight is 239 g/mol. The number of anilines is 1. The highest BCUT2D eigenvalue weighted by molar-refractivity contribution is 5.52. The van der Waals surface area contributed by atoms with Crippen molar-refractivity contribution in [1.29, 1.82) is 5.26 Å². The maximum Gasteiger partial charge on any atom is 0.226 e. The van der Waals surface area contributed by atoms with Crippen LogP contribution in [-0.4, -0.2) is 5.16 Å². The van der Waals surface area contributed by atoms with Crippen molar-refractivity contribution in [3.05, 3.63) is 46.6 Å². The molecule has 1 heterocycles. The summed E-state index contributed by atoms with van der Waals surface area (Å²) >= 11 is 0. The van der Waals surface area contributed by atoms with Gasteiger partial charge in [0.1, 0.15) is 0 Å². The average Bonchev–Trinajstić information content (AvgIpc) is 2.81. The highest BCUT2D eigenvalue weighted by Gasteiger charge is 2.29. The fourth-order valence-electron chi connectivity index (χ4n) is 2.73. The third kappa shape index (κ3) is 1.56. The van der Waals surface area contributed by atoms with Crippen molar-refractivity contribution in [1.82, 2.24) is 5.16 Å². The zero-order valence-electron chi connectivity index (χ0n) is 9.89. The van der Waals surface area contributed by atoms with Crippen LogP contribution in [0.25, 0.3) is 0 Å². The van der Waals surface area contributed by atoms with Crippen LogP contribution in [0.4, 0.5) is 5.88 Å². The number of nitriles is 1. The molecule has 1 unspecified atom stereocenters. The third-order valence-electron chi connectivity index (χ3n) is 3.54. The molecule has 0 aliphatic heterocycles. The molecule has 2 N–H and O–H groups in total. The van der Waals surface area contributed by atoms with Gasteiger partial charge in [0.15, 0.2) is 0 Å². The van der Waals surface area contributed by atoms with Crippen molar-refractivity contribution in [2.45, 2.75) is 25.2 Å². The number of benzene rings is 1. The van der Waals surface area contributed by atoms with Gasteiger partial charge in [0, 0.05) is 11.5 Å². The molecule has 1 aliphatic carbocycles. The van der Waals surface area contributed by atoms with Crippen LogP contribution in [0.2, 0.25) is 0 Å². The minimum absolute atomic E-state index is 0.135. The number of hydrogen-bond acceptors (Lipinski definition) is 4. The number of aromatic nitrogens is 1. The molecule has 2 aromatic rings. The number of nitrogens with zero attached hydrogens (tertiary/aromatic N) is 2. The lowest BCUT2D eigenvalue weighted by atomic mass is 9.80. The second-order valence-corrected chi connectivity index (χ2v) is 4.55. The first kappa shape index (κ1) is 10.8. The smallest absolute Gasteiger partial charge is 0.226 e. The monoisotopic (exact) mass is 239 g/mol. The van der Waals surface area contributed by atoms with Gasteiger partial charge < -0.3 is 10.3 Å². The molecule has 0 radical (unpaired) electrons. The molecule has 0 saturated carbocycles. The number of nitrogens with two attached hydrogens (primary N) is 1. The van der Waals surface area contributed by atoms with Gasteiger partial charge in [-0.25, -0.2) is 0 Å². The van der Waals surface area contributed by atoms with Gasteiger partial charge in [0.25, 0.3) is 0 Å². The number of hydrogen-bond donors (Lipinski definition) is 1. The van der Waals surface area contributed by atoms with Crippen molar-refractivity contribution in [2.24, 2.45) is 0 Å². The van der Waals surface area contributed by atoms with Gasteiger partial charge in [0.2, 0.25) is 5.88 Å². The highest BCUT2D eigenvalue weighted by atomic mass is 16.5. The van der Waals surface area contributed by atoms with Gasteiger partial charge in [-0.05, 0) is 30.9 Å². The van der Waals surface area contributed by atoms with Gasteiger partial charge in [-0.1, -0.05) is 23.4 Å². The summed E-state index contributed by atoms with van der Waals surface area (Å²) < 4.78 is 5.09. The number of aryl methyl sites for hydroxylation is 1. The Morgan fingerprint density at radius 2 is 2.22 bits per heavy atom. The summed E-state index contributed by atoms with van der Waals surface area (Å²) in [4.78, 5) is 0. The van der Waals surface area contributed by atoms with E-state index < -0.39 is 0 Å². The Labute approximate surface area is 105 Å². The van der Waals surface area contributed by atoms with Crippen molar-refractivity contribution < 1.29 is 4.52 Å². The molecular formula is C14H13N3O. The van der Waals surface area contributed by atoms with Crippen molar-refractivity contribution in [2.75, 3.05) is 5.73 Å².